The highest BCUT2D eigenvalue weighted by Gasteiger charge is 2.24. The van der Waals surface area contributed by atoms with Gasteiger partial charge in [-0.25, -0.2) is 4.79 Å². The van der Waals surface area contributed by atoms with Crippen molar-refractivity contribution in [3.05, 3.63) is 130 Å². The predicted molar refractivity (Wildman–Crippen MR) is 150 cm³/mol. The van der Waals surface area contributed by atoms with Crippen molar-refractivity contribution in [3.8, 4) is 5.75 Å². The lowest BCUT2D eigenvalue weighted by atomic mass is 9.93. The van der Waals surface area contributed by atoms with E-state index in [2.05, 4.69) is 15.8 Å². The smallest absolute Gasteiger partial charge is 0.336 e. The molecule has 0 aliphatic heterocycles. The number of fused-ring (bicyclic) bond motifs is 1. The highest BCUT2D eigenvalue weighted by molar-refractivity contribution is 6.53. The minimum atomic E-state index is -1.25. The van der Waals surface area contributed by atoms with Crippen molar-refractivity contribution < 1.29 is 29.4 Å². The quantitative estimate of drug-likeness (QED) is 0.149. The first-order valence-electron chi connectivity index (χ1n) is 12.1. The van der Waals surface area contributed by atoms with Crippen molar-refractivity contribution >= 4 is 46.6 Å². The molecule has 9 heteroatoms. The molecule has 0 aromatic heterocycles. The molecule has 1 aliphatic carbocycles. The molecule has 9 nitrogen and oxygen atoms in total. The molecule has 5 rings (SSSR count). The van der Waals surface area contributed by atoms with Crippen LogP contribution in [0, 0.1) is 0 Å². The highest BCUT2D eigenvalue weighted by Crippen LogP contribution is 2.29. The molecule has 0 heterocycles. The topological polar surface area (TPSA) is 145 Å². The first-order chi connectivity index (χ1) is 19.3. The number of aromatic carboxylic acids is 1. The van der Waals surface area contributed by atoms with Gasteiger partial charge in [0.1, 0.15) is 11.5 Å². The van der Waals surface area contributed by atoms with Crippen LogP contribution in [0.3, 0.4) is 0 Å². The van der Waals surface area contributed by atoms with Crippen molar-refractivity contribution in [2.75, 3.05) is 10.7 Å². The fraction of sp³-hybridized carbons (Fsp3) is 0. The van der Waals surface area contributed by atoms with Crippen molar-refractivity contribution in [1.29, 1.82) is 0 Å². The summed E-state index contributed by atoms with van der Waals surface area (Å²) in [5.41, 5.74) is 4.40. The number of anilines is 2. The first-order valence-corrected chi connectivity index (χ1v) is 12.1. The molecule has 0 fully saturated rings. The summed E-state index contributed by atoms with van der Waals surface area (Å²) >= 11 is 0. The Balaban J connectivity index is 1.48. The van der Waals surface area contributed by atoms with E-state index in [0.717, 1.165) is 0 Å². The van der Waals surface area contributed by atoms with E-state index in [4.69, 9.17) is 0 Å². The number of nitrogens with one attached hydrogen (secondary N) is 2. The molecule has 4 aromatic carbocycles. The number of rotatable bonds is 7. The lowest BCUT2D eigenvalue weighted by Gasteiger charge is -2.18. The zero-order chi connectivity index (χ0) is 28.2. The maximum absolute atomic E-state index is 13.1. The standard InChI is InChI=1S/C31H21N3O6/c35-25-15-14-20(29(37)21-10-4-5-11-22(21)31(39)40)17-24(25)33-34-28-26(36)16-13-18-9-6-12-23(27(18)28)32-30(38)19-7-2-1-3-8-19/h1-17,33,35H,(H,32,38)(H,39,40). The number of hydrogen-bond donors (Lipinski definition) is 4. The summed E-state index contributed by atoms with van der Waals surface area (Å²) in [4.78, 5) is 50.4. The molecule has 0 spiro atoms. The third kappa shape index (κ3) is 5.11. The number of aromatic hydroxyl groups is 1. The number of nitrogens with zero attached hydrogens (tertiary/aromatic N) is 1. The van der Waals surface area contributed by atoms with E-state index in [-0.39, 0.29) is 39.7 Å². The van der Waals surface area contributed by atoms with Gasteiger partial charge in [0.25, 0.3) is 5.91 Å². The minimum absolute atomic E-state index is 0.0147. The summed E-state index contributed by atoms with van der Waals surface area (Å²) in [6.07, 6.45) is 2.96. The third-order valence-corrected chi connectivity index (χ3v) is 6.21. The third-order valence-electron chi connectivity index (χ3n) is 6.21. The Morgan fingerprint density at radius 1 is 0.725 bits per heavy atom. The maximum Gasteiger partial charge on any atom is 0.336 e. The van der Waals surface area contributed by atoms with Crippen molar-refractivity contribution in [1.82, 2.24) is 0 Å². The van der Waals surface area contributed by atoms with Crippen molar-refractivity contribution in [2.45, 2.75) is 0 Å². The van der Waals surface area contributed by atoms with Crippen LogP contribution in [0.1, 0.15) is 47.8 Å². The molecule has 196 valence electrons. The zero-order valence-corrected chi connectivity index (χ0v) is 20.8. The first kappa shape index (κ1) is 25.8. The fourth-order valence-electron chi connectivity index (χ4n) is 4.25. The summed E-state index contributed by atoms with van der Waals surface area (Å²) in [5.74, 6) is -2.87. The summed E-state index contributed by atoms with van der Waals surface area (Å²) in [6.45, 7) is 0. The van der Waals surface area contributed by atoms with Crippen molar-refractivity contribution in [3.63, 3.8) is 0 Å². The molecule has 0 saturated heterocycles. The second-order valence-corrected chi connectivity index (χ2v) is 8.77. The molecule has 0 unspecified atom stereocenters. The van der Waals surface area contributed by atoms with Crippen molar-refractivity contribution in [2.24, 2.45) is 5.10 Å². The van der Waals surface area contributed by atoms with Gasteiger partial charge in [0.2, 0.25) is 5.78 Å². The SMILES string of the molecule is O=C1C=Cc2cccc(NC(=O)c3ccccc3)c2C1=NNc1cc(C(=O)c2ccccc2C(=O)O)ccc1O. The second-order valence-electron chi connectivity index (χ2n) is 8.77. The van der Waals surface area contributed by atoms with Gasteiger partial charge in [-0.3, -0.25) is 19.8 Å². The van der Waals surface area contributed by atoms with Crippen LogP contribution >= 0.6 is 0 Å². The molecule has 0 radical (unpaired) electrons. The molecule has 4 N–H and O–H groups in total. The molecule has 0 atom stereocenters. The van der Waals surface area contributed by atoms with Crippen LogP contribution in [0.15, 0.2) is 102 Å². The van der Waals surface area contributed by atoms with Gasteiger partial charge in [0.15, 0.2) is 5.78 Å². The number of carbonyl (C=O) groups is 4. The van der Waals surface area contributed by atoms with Gasteiger partial charge in [-0.05, 0) is 54.1 Å². The molecule has 0 saturated carbocycles. The van der Waals surface area contributed by atoms with Gasteiger partial charge in [0, 0.05) is 22.3 Å². The van der Waals surface area contributed by atoms with E-state index in [1.807, 2.05) is 0 Å². The second kappa shape index (κ2) is 10.9. The maximum atomic E-state index is 13.1. The van der Waals surface area contributed by atoms with Crippen LogP contribution in [0.25, 0.3) is 6.08 Å². The van der Waals surface area contributed by atoms with E-state index >= 15 is 0 Å². The number of hydrazone groups is 1. The molecule has 1 amide bonds. The molecular formula is C31H21N3O6. The summed E-state index contributed by atoms with van der Waals surface area (Å²) in [5, 5.41) is 26.9. The van der Waals surface area contributed by atoms with Gasteiger partial charge < -0.3 is 15.5 Å². The number of benzene rings is 4. The summed E-state index contributed by atoms with van der Waals surface area (Å²) in [7, 11) is 0. The van der Waals surface area contributed by atoms with Crippen LogP contribution in [0.5, 0.6) is 5.75 Å². The minimum Gasteiger partial charge on any atom is -0.506 e. The number of ketones is 2. The Morgan fingerprint density at radius 2 is 1.45 bits per heavy atom. The van der Waals surface area contributed by atoms with Crippen LogP contribution in [-0.4, -0.2) is 39.4 Å². The Hall–Kier alpha value is -5.83. The van der Waals surface area contributed by atoms with Crippen LogP contribution < -0.4 is 10.7 Å². The van der Waals surface area contributed by atoms with Crippen LogP contribution in [0.4, 0.5) is 11.4 Å². The number of carbonyl (C=O) groups excluding carboxylic acids is 3. The Bertz CT molecular complexity index is 1740. The zero-order valence-electron chi connectivity index (χ0n) is 20.8. The number of carboxylic acid groups (broad SMARTS) is 1. The number of allylic oxidation sites excluding steroid dienone is 1. The molecule has 40 heavy (non-hydrogen) atoms. The number of carboxylic acids is 1. The normalized spacial score (nSPS) is 13.0. The monoisotopic (exact) mass is 531 g/mol. The lowest BCUT2D eigenvalue weighted by Crippen LogP contribution is -2.23. The van der Waals surface area contributed by atoms with Gasteiger partial charge in [-0.2, -0.15) is 5.10 Å². The molecule has 1 aliphatic rings. The Morgan fingerprint density at radius 3 is 2.20 bits per heavy atom. The Kier molecular flexibility index (Phi) is 7.02. The largest absolute Gasteiger partial charge is 0.506 e. The van der Waals surface area contributed by atoms with Gasteiger partial charge in [-0.15, -0.1) is 0 Å². The van der Waals surface area contributed by atoms with E-state index < -0.39 is 17.5 Å². The van der Waals surface area contributed by atoms with E-state index in [9.17, 15) is 29.4 Å². The fourth-order valence-corrected chi connectivity index (χ4v) is 4.25. The predicted octanol–water partition coefficient (Wildman–Crippen LogP) is 4.99. The highest BCUT2D eigenvalue weighted by atomic mass is 16.4. The molecular weight excluding hydrogens is 510 g/mol. The van der Waals surface area contributed by atoms with Gasteiger partial charge >= 0.3 is 5.97 Å². The summed E-state index contributed by atoms with van der Waals surface area (Å²) in [6, 6.07) is 23.5. The van der Waals surface area contributed by atoms with Crippen LogP contribution in [0.2, 0.25) is 0 Å². The number of hydrogen-bond acceptors (Lipinski definition) is 7. The van der Waals surface area contributed by atoms with Crippen LogP contribution in [-0.2, 0) is 4.79 Å². The number of amides is 1. The van der Waals surface area contributed by atoms with E-state index in [1.165, 1.54) is 42.5 Å². The summed E-state index contributed by atoms with van der Waals surface area (Å²) < 4.78 is 0. The molecule has 0 bridgehead atoms. The average Bonchev–Trinajstić information content (AvgIpc) is 2.97. The Labute approximate surface area is 228 Å². The van der Waals surface area contributed by atoms with E-state index in [0.29, 0.717) is 22.4 Å². The molecule has 4 aromatic rings. The number of phenolic OH excluding ortho intramolecular Hbond substituents is 1. The van der Waals surface area contributed by atoms with Gasteiger partial charge in [0.05, 0.1) is 16.9 Å². The lowest BCUT2D eigenvalue weighted by molar-refractivity contribution is -0.108. The van der Waals surface area contributed by atoms with Gasteiger partial charge in [-0.1, -0.05) is 54.6 Å². The number of phenols is 1. The van der Waals surface area contributed by atoms with E-state index in [1.54, 1.807) is 60.7 Å². The average molecular weight is 532 g/mol.